The molecular weight excluding hydrogens is 481 g/mol. The van der Waals surface area contributed by atoms with Crippen LogP contribution in [0, 0.1) is 23.2 Å². The van der Waals surface area contributed by atoms with E-state index in [1.54, 1.807) is 11.0 Å². The molecule has 1 fully saturated rings. The van der Waals surface area contributed by atoms with Crippen LogP contribution in [-0.2, 0) is 10.9 Å². The highest BCUT2D eigenvalue weighted by Crippen LogP contribution is 2.37. The van der Waals surface area contributed by atoms with Crippen LogP contribution in [0.15, 0.2) is 72.8 Å². The highest BCUT2D eigenvalue weighted by atomic mass is 19.4. The number of ether oxygens (including phenoxy) is 1. The Bertz CT molecular complexity index is 1300. The van der Waals surface area contributed by atoms with Gasteiger partial charge < -0.3 is 15.0 Å². The fraction of sp³-hybridized carbons (Fsp3) is 0.321. The Balaban J connectivity index is 1.26. The van der Waals surface area contributed by atoms with Gasteiger partial charge in [-0.3, -0.25) is 9.78 Å². The number of halogens is 3. The minimum absolute atomic E-state index is 0.0858. The number of carbonyl (C=O) groups is 1. The summed E-state index contributed by atoms with van der Waals surface area (Å²) in [6, 6.07) is 11.7. The maximum Gasteiger partial charge on any atom is 0.433 e. The number of pyridine rings is 1. The molecule has 1 aliphatic carbocycles. The van der Waals surface area contributed by atoms with Crippen molar-refractivity contribution in [1.29, 1.82) is 5.26 Å². The number of likely N-dealkylation sites (tertiary alicyclic amines) is 1. The van der Waals surface area contributed by atoms with Crippen molar-refractivity contribution in [3.05, 3.63) is 95.2 Å². The largest absolute Gasteiger partial charge is 0.494 e. The van der Waals surface area contributed by atoms with E-state index >= 15 is 0 Å². The zero-order chi connectivity index (χ0) is 26.0. The van der Waals surface area contributed by atoms with Crippen molar-refractivity contribution in [2.75, 3.05) is 19.6 Å². The van der Waals surface area contributed by atoms with Crippen LogP contribution in [0.5, 0.6) is 0 Å². The van der Waals surface area contributed by atoms with Crippen LogP contribution in [0.25, 0.3) is 5.57 Å². The standard InChI is InChI=1S/C28H25F3N4O2/c29-28(30,31)26-5-4-21(16-34-26)27(36)35-10-7-23(8-11-35)37-25-14-22(13-20-6-9-33-17-24(20)25)19-3-1-2-18(12-19)15-32/h1-6,9,12-14,16,20,23-24,33H,7-8,10-11,17H2. The number of amides is 1. The van der Waals surface area contributed by atoms with Crippen LogP contribution in [0.3, 0.4) is 0 Å². The number of fused-ring (bicyclic) bond motifs is 1. The Labute approximate surface area is 212 Å². The first-order valence-electron chi connectivity index (χ1n) is 12.1. The van der Waals surface area contributed by atoms with Gasteiger partial charge in [0.2, 0.25) is 0 Å². The zero-order valence-electron chi connectivity index (χ0n) is 19.9. The molecule has 0 saturated carbocycles. The number of nitrogens with zero attached hydrogens (tertiary/aromatic N) is 3. The maximum atomic E-state index is 12.8. The predicted octanol–water partition coefficient (Wildman–Crippen LogP) is 4.92. The molecule has 1 N–H and O–H groups in total. The van der Waals surface area contributed by atoms with E-state index in [1.165, 1.54) is 6.07 Å². The van der Waals surface area contributed by atoms with Crippen molar-refractivity contribution in [2.24, 2.45) is 11.8 Å². The molecule has 0 spiro atoms. The Kier molecular flexibility index (Phi) is 6.74. The van der Waals surface area contributed by atoms with Crippen LogP contribution < -0.4 is 5.32 Å². The van der Waals surface area contributed by atoms with Gasteiger partial charge in [0.1, 0.15) is 17.6 Å². The fourth-order valence-corrected chi connectivity index (χ4v) is 4.93. The third-order valence-electron chi connectivity index (χ3n) is 6.93. The lowest BCUT2D eigenvalue weighted by atomic mass is 9.81. The van der Waals surface area contributed by atoms with Crippen molar-refractivity contribution in [1.82, 2.24) is 15.2 Å². The molecule has 1 amide bonds. The first-order chi connectivity index (χ1) is 17.8. The van der Waals surface area contributed by atoms with Gasteiger partial charge in [-0.2, -0.15) is 18.4 Å². The number of nitrogens with one attached hydrogen (secondary N) is 1. The Hall–Kier alpha value is -4.06. The lowest BCUT2D eigenvalue weighted by Crippen LogP contribution is -2.42. The summed E-state index contributed by atoms with van der Waals surface area (Å²) in [7, 11) is 0. The number of alkyl halides is 3. The summed E-state index contributed by atoms with van der Waals surface area (Å²) >= 11 is 0. The van der Waals surface area contributed by atoms with E-state index in [-0.39, 0.29) is 29.4 Å². The summed E-state index contributed by atoms with van der Waals surface area (Å²) in [6.45, 7) is 1.63. The summed E-state index contributed by atoms with van der Waals surface area (Å²) in [6.07, 6.45) is 5.89. The Morgan fingerprint density at radius 1 is 1.19 bits per heavy atom. The molecule has 0 bridgehead atoms. The topological polar surface area (TPSA) is 78.2 Å². The third kappa shape index (κ3) is 5.38. The van der Waals surface area contributed by atoms with Crippen molar-refractivity contribution >= 4 is 11.5 Å². The molecule has 6 nitrogen and oxygen atoms in total. The van der Waals surface area contributed by atoms with Crippen molar-refractivity contribution in [3.63, 3.8) is 0 Å². The van der Waals surface area contributed by atoms with Gasteiger partial charge in [0.05, 0.1) is 17.2 Å². The minimum atomic E-state index is -4.54. The van der Waals surface area contributed by atoms with E-state index < -0.39 is 11.9 Å². The van der Waals surface area contributed by atoms with Crippen LogP contribution in [0.1, 0.15) is 40.0 Å². The zero-order valence-corrected chi connectivity index (χ0v) is 19.9. The van der Waals surface area contributed by atoms with Gasteiger partial charge in [-0.15, -0.1) is 0 Å². The first kappa shape index (κ1) is 24.6. The molecule has 5 rings (SSSR count). The van der Waals surface area contributed by atoms with Crippen molar-refractivity contribution < 1.29 is 22.7 Å². The molecule has 190 valence electrons. The van der Waals surface area contributed by atoms with Gasteiger partial charge in [0.25, 0.3) is 5.91 Å². The summed E-state index contributed by atoms with van der Waals surface area (Å²) in [5.41, 5.74) is 1.67. The smallest absolute Gasteiger partial charge is 0.433 e. The number of aromatic nitrogens is 1. The average molecular weight is 507 g/mol. The maximum absolute atomic E-state index is 12.8. The average Bonchev–Trinajstić information content (AvgIpc) is 2.92. The van der Waals surface area contributed by atoms with Crippen LogP contribution in [0.4, 0.5) is 13.2 Å². The van der Waals surface area contributed by atoms with Crippen molar-refractivity contribution in [3.8, 4) is 6.07 Å². The number of nitriles is 1. The van der Waals surface area contributed by atoms with Gasteiger partial charge in [-0.25, -0.2) is 0 Å². The van der Waals surface area contributed by atoms with E-state index in [9.17, 15) is 23.2 Å². The number of hydrogen-bond donors (Lipinski definition) is 1. The van der Waals surface area contributed by atoms with Gasteiger partial charge in [0, 0.05) is 50.5 Å². The number of allylic oxidation sites excluding steroid dienone is 4. The highest BCUT2D eigenvalue weighted by molar-refractivity contribution is 5.94. The SMILES string of the molecule is N#Cc1cccc(C2=CC3C=CNCC3C(OC3CCN(C(=O)c4ccc(C(F)(F)F)nc4)CC3)=C2)c1. The minimum Gasteiger partial charge on any atom is -0.494 e. The number of rotatable bonds is 4. The Morgan fingerprint density at radius 3 is 2.70 bits per heavy atom. The second-order valence-electron chi connectivity index (χ2n) is 9.35. The van der Waals surface area contributed by atoms with Gasteiger partial charge in [-0.05, 0) is 47.7 Å². The third-order valence-corrected chi connectivity index (χ3v) is 6.93. The van der Waals surface area contributed by atoms with Gasteiger partial charge in [0.15, 0.2) is 0 Å². The summed E-state index contributed by atoms with van der Waals surface area (Å²) in [4.78, 5) is 17.8. The first-order valence-corrected chi connectivity index (χ1v) is 12.1. The Morgan fingerprint density at radius 2 is 2.00 bits per heavy atom. The normalized spacial score (nSPS) is 21.7. The number of hydrogen-bond acceptors (Lipinski definition) is 5. The molecule has 2 unspecified atom stereocenters. The summed E-state index contributed by atoms with van der Waals surface area (Å²) < 4.78 is 44.8. The molecular formula is C28H25F3N4O2. The molecule has 2 aliphatic heterocycles. The molecule has 1 aromatic carbocycles. The van der Waals surface area contributed by atoms with E-state index in [0.717, 1.165) is 35.7 Å². The van der Waals surface area contributed by atoms with Crippen molar-refractivity contribution in [2.45, 2.75) is 25.1 Å². The molecule has 3 heterocycles. The van der Waals surface area contributed by atoms with Crippen LogP contribution in [0.2, 0.25) is 0 Å². The summed E-state index contributed by atoms with van der Waals surface area (Å²) in [5.74, 6) is 0.848. The molecule has 37 heavy (non-hydrogen) atoms. The molecule has 1 saturated heterocycles. The monoisotopic (exact) mass is 506 g/mol. The van der Waals surface area contributed by atoms with Crippen LogP contribution >= 0.6 is 0 Å². The van der Waals surface area contributed by atoms with E-state index in [0.29, 0.717) is 31.5 Å². The number of piperidine rings is 1. The molecule has 9 heteroatoms. The van der Waals surface area contributed by atoms with Crippen LogP contribution in [-0.4, -0.2) is 41.5 Å². The predicted molar refractivity (Wildman–Crippen MR) is 131 cm³/mol. The lowest BCUT2D eigenvalue weighted by Gasteiger charge is -2.37. The second-order valence-corrected chi connectivity index (χ2v) is 9.35. The quantitative estimate of drug-likeness (QED) is 0.637. The molecule has 0 radical (unpaired) electrons. The summed E-state index contributed by atoms with van der Waals surface area (Å²) in [5, 5.41) is 12.6. The highest BCUT2D eigenvalue weighted by Gasteiger charge is 2.34. The van der Waals surface area contributed by atoms with E-state index in [1.807, 2.05) is 30.5 Å². The lowest BCUT2D eigenvalue weighted by molar-refractivity contribution is -0.141. The van der Waals surface area contributed by atoms with E-state index in [4.69, 9.17) is 4.74 Å². The number of carbonyl (C=O) groups excluding carboxylic acids is 1. The van der Waals surface area contributed by atoms with Gasteiger partial charge in [-0.1, -0.05) is 24.3 Å². The molecule has 3 aliphatic rings. The molecule has 1 aromatic heterocycles. The second kappa shape index (κ2) is 10.1. The fourth-order valence-electron chi connectivity index (χ4n) is 4.93. The number of benzene rings is 1. The molecule has 2 atom stereocenters. The molecule has 2 aromatic rings. The van der Waals surface area contributed by atoms with Gasteiger partial charge >= 0.3 is 6.18 Å². The van der Waals surface area contributed by atoms with E-state index in [2.05, 4.69) is 28.5 Å².